The number of hydrogen-bond donors (Lipinski definition) is 2. The van der Waals surface area contributed by atoms with Crippen LogP contribution in [-0.2, 0) is 11.3 Å². The molecule has 7 nitrogen and oxygen atoms in total. The summed E-state index contributed by atoms with van der Waals surface area (Å²) >= 11 is 6.22. The molecule has 2 aliphatic rings. The topological polar surface area (TPSA) is 82.5 Å². The van der Waals surface area contributed by atoms with Gasteiger partial charge in [0.05, 0.1) is 17.7 Å². The number of likely N-dealkylation sites (tertiary alicyclic amines) is 2. The van der Waals surface area contributed by atoms with Gasteiger partial charge in [-0.2, -0.15) is 0 Å². The number of carbonyl (C=O) groups excluding carboxylic acids is 1. The van der Waals surface area contributed by atoms with Crippen LogP contribution < -0.4 is 9.47 Å². The van der Waals surface area contributed by atoms with Crippen molar-refractivity contribution >= 4 is 17.5 Å². The minimum atomic E-state index is -1.40. The monoisotopic (exact) mass is 502 g/mol. The highest BCUT2D eigenvalue weighted by molar-refractivity contribution is 6.32. The average molecular weight is 503 g/mol. The number of aryl methyl sites for hydroxylation is 1. The zero-order valence-electron chi connectivity index (χ0n) is 20.3. The summed E-state index contributed by atoms with van der Waals surface area (Å²) in [6, 6.07) is 13.4. The van der Waals surface area contributed by atoms with Gasteiger partial charge in [-0.25, -0.2) is 0 Å². The molecule has 0 saturated carbocycles. The second-order valence-electron chi connectivity index (χ2n) is 9.68. The van der Waals surface area contributed by atoms with Crippen molar-refractivity contribution in [3.8, 4) is 11.5 Å². The van der Waals surface area contributed by atoms with E-state index in [2.05, 4.69) is 4.90 Å². The molecule has 2 heterocycles. The van der Waals surface area contributed by atoms with Gasteiger partial charge < -0.3 is 24.6 Å². The molecule has 2 aromatic rings. The average Bonchev–Trinajstić information content (AvgIpc) is 3.25. The van der Waals surface area contributed by atoms with Gasteiger partial charge in [0.1, 0.15) is 23.7 Å². The molecule has 8 heteroatoms. The Morgan fingerprint density at radius 3 is 2.83 bits per heavy atom. The molecule has 190 valence electrons. The zero-order chi connectivity index (χ0) is 24.8. The lowest BCUT2D eigenvalue weighted by Crippen LogP contribution is -2.59. The first kappa shape index (κ1) is 25.8. The van der Waals surface area contributed by atoms with Gasteiger partial charge in [0.15, 0.2) is 0 Å². The van der Waals surface area contributed by atoms with Crippen LogP contribution in [0.5, 0.6) is 11.5 Å². The Balaban J connectivity index is 1.29. The highest BCUT2D eigenvalue weighted by Crippen LogP contribution is 2.29. The largest absolute Gasteiger partial charge is 0.494 e. The number of ether oxygens (including phenoxy) is 2. The predicted octanol–water partition coefficient (Wildman–Crippen LogP) is 3.42. The maximum Gasteiger partial charge on any atom is 0.222 e. The van der Waals surface area contributed by atoms with Gasteiger partial charge >= 0.3 is 0 Å². The maximum atomic E-state index is 11.7. The molecule has 2 atom stereocenters. The quantitative estimate of drug-likeness (QED) is 0.484. The van der Waals surface area contributed by atoms with E-state index in [4.69, 9.17) is 21.1 Å². The van der Waals surface area contributed by atoms with E-state index < -0.39 is 11.7 Å². The number of carbonyl (C=O) groups is 1. The van der Waals surface area contributed by atoms with E-state index in [0.717, 1.165) is 42.8 Å². The summed E-state index contributed by atoms with van der Waals surface area (Å²) in [5.41, 5.74) is 0.680. The van der Waals surface area contributed by atoms with Crippen LogP contribution in [0.1, 0.15) is 36.8 Å². The maximum absolute atomic E-state index is 11.7. The third-order valence-electron chi connectivity index (χ3n) is 6.72. The van der Waals surface area contributed by atoms with E-state index in [-0.39, 0.29) is 19.1 Å². The van der Waals surface area contributed by atoms with Crippen LogP contribution in [0.15, 0.2) is 42.5 Å². The molecule has 4 rings (SSSR count). The van der Waals surface area contributed by atoms with Crippen molar-refractivity contribution < 1.29 is 24.5 Å². The summed E-state index contributed by atoms with van der Waals surface area (Å²) in [6.07, 6.45) is 2.00. The zero-order valence-corrected chi connectivity index (χ0v) is 21.0. The highest BCUT2D eigenvalue weighted by Gasteiger charge is 2.42. The molecule has 0 radical (unpaired) electrons. The number of aliphatic hydroxyl groups excluding tert-OH is 1. The van der Waals surface area contributed by atoms with Crippen LogP contribution in [0.2, 0.25) is 5.02 Å². The number of amides is 1. The fourth-order valence-electron chi connectivity index (χ4n) is 4.72. The molecule has 0 unspecified atom stereocenters. The van der Waals surface area contributed by atoms with E-state index in [1.807, 2.05) is 48.2 Å². The van der Waals surface area contributed by atoms with E-state index >= 15 is 0 Å². The Morgan fingerprint density at radius 1 is 1.17 bits per heavy atom. The first-order valence-electron chi connectivity index (χ1n) is 12.3. The van der Waals surface area contributed by atoms with E-state index in [0.29, 0.717) is 43.3 Å². The Kier molecular flexibility index (Phi) is 8.55. The van der Waals surface area contributed by atoms with Crippen molar-refractivity contribution in [2.24, 2.45) is 0 Å². The first-order valence-corrected chi connectivity index (χ1v) is 12.7. The van der Waals surface area contributed by atoms with Crippen LogP contribution in [-0.4, -0.2) is 77.0 Å². The van der Waals surface area contributed by atoms with Crippen LogP contribution in [0, 0.1) is 6.92 Å². The van der Waals surface area contributed by atoms with Crippen molar-refractivity contribution in [2.75, 3.05) is 39.4 Å². The van der Waals surface area contributed by atoms with Gasteiger partial charge in [-0.15, -0.1) is 0 Å². The fourth-order valence-corrected chi connectivity index (χ4v) is 4.90. The van der Waals surface area contributed by atoms with Crippen molar-refractivity contribution in [3.63, 3.8) is 0 Å². The molecule has 0 bridgehead atoms. The molecule has 2 fully saturated rings. The van der Waals surface area contributed by atoms with Gasteiger partial charge in [0, 0.05) is 39.1 Å². The number of β-amino-alcohol motifs (C(OH)–C–C–N with tert-alkyl or cyclic N) is 1. The second-order valence-corrected chi connectivity index (χ2v) is 10.1. The molecule has 2 aliphatic heterocycles. The third kappa shape index (κ3) is 6.88. The SMILES string of the molecule is Cc1ccc(Cl)c(OC[C@@]2(O)CN(Cc3cccc(OCCCN4CCCC4=O)c3)CC[C@@H]2O)c1. The fraction of sp³-hybridized carbons (Fsp3) is 0.519. The van der Waals surface area contributed by atoms with Gasteiger partial charge in [-0.3, -0.25) is 9.69 Å². The van der Waals surface area contributed by atoms with Gasteiger partial charge in [-0.05, 0) is 61.6 Å². The van der Waals surface area contributed by atoms with Crippen LogP contribution >= 0.6 is 11.6 Å². The van der Waals surface area contributed by atoms with E-state index in [9.17, 15) is 15.0 Å². The van der Waals surface area contributed by atoms with Crippen molar-refractivity contribution in [1.82, 2.24) is 9.80 Å². The predicted molar refractivity (Wildman–Crippen MR) is 135 cm³/mol. The number of piperidine rings is 1. The lowest BCUT2D eigenvalue weighted by atomic mass is 9.90. The number of nitrogens with zero attached hydrogens (tertiary/aromatic N) is 2. The summed E-state index contributed by atoms with van der Waals surface area (Å²) < 4.78 is 11.8. The Labute approximate surface area is 212 Å². The number of aliphatic hydroxyl groups is 2. The minimum absolute atomic E-state index is 0.0451. The molecule has 2 saturated heterocycles. The standard InChI is InChI=1S/C27H35ClN2O5/c1-20-8-9-23(28)24(15-20)35-19-27(33)18-29(13-10-25(27)31)17-21-5-2-6-22(16-21)34-14-4-12-30-11-3-7-26(30)32/h2,5-6,8-9,15-16,25,31,33H,3-4,7,10-14,17-19H2,1H3/t25-,27-/m0/s1. The number of rotatable bonds is 10. The molecule has 0 spiro atoms. The van der Waals surface area contributed by atoms with Crippen LogP contribution in [0.3, 0.4) is 0 Å². The summed E-state index contributed by atoms with van der Waals surface area (Å²) in [4.78, 5) is 15.7. The van der Waals surface area contributed by atoms with Crippen LogP contribution in [0.25, 0.3) is 0 Å². The lowest BCUT2D eigenvalue weighted by Gasteiger charge is -2.42. The molecule has 0 aromatic heterocycles. The molecular weight excluding hydrogens is 468 g/mol. The normalized spacial score (nSPS) is 23.0. The highest BCUT2D eigenvalue weighted by atomic mass is 35.5. The van der Waals surface area contributed by atoms with E-state index in [1.165, 1.54) is 0 Å². The summed E-state index contributed by atoms with van der Waals surface area (Å²) in [7, 11) is 0. The molecular formula is C27H35ClN2O5. The summed E-state index contributed by atoms with van der Waals surface area (Å²) in [6.45, 7) is 5.63. The van der Waals surface area contributed by atoms with E-state index in [1.54, 1.807) is 6.07 Å². The van der Waals surface area contributed by atoms with Gasteiger partial charge in [-0.1, -0.05) is 29.8 Å². The summed E-state index contributed by atoms with van der Waals surface area (Å²) in [5, 5.41) is 22.2. The first-order chi connectivity index (χ1) is 16.8. The number of benzene rings is 2. The van der Waals surface area contributed by atoms with Crippen molar-refractivity contribution in [3.05, 3.63) is 58.6 Å². The molecule has 1 amide bonds. The number of hydrogen-bond acceptors (Lipinski definition) is 6. The van der Waals surface area contributed by atoms with Crippen LogP contribution in [0.4, 0.5) is 0 Å². The molecule has 2 N–H and O–H groups in total. The molecule has 35 heavy (non-hydrogen) atoms. The number of halogens is 1. The van der Waals surface area contributed by atoms with Gasteiger partial charge in [0.25, 0.3) is 0 Å². The second kappa shape index (κ2) is 11.6. The minimum Gasteiger partial charge on any atom is -0.494 e. The van der Waals surface area contributed by atoms with Crippen molar-refractivity contribution in [1.29, 1.82) is 0 Å². The third-order valence-corrected chi connectivity index (χ3v) is 7.03. The Bertz CT molecular complexity index is 1020. The van der Waals surface area contributed by atoms with Crippen molar-refractivity contribution in [2.45, 2.75) is 50.9 Å². The summed E-state index contributed by atoms with van der Waals surface area (Å²) in [5.74, 6) is 1.54. The lowest BCUT2D eigenvalue weighted by molar-refractivity contribution is -0.140. The molecule has 0 aliphatic carbocycles. The Morgan fingerprint density at radius 2 is 2.03 bits per heavy atom. The Hall–Kier alpha value is -2.32. The smallest absolute Gasteiger partial charge is 0.222 e. The van der Waals surface area contributed by atoms with Gasteiger partial charge in [0.2, 0.25) is 5.91 Å². The molecule has 2 aromatic carbocycles.